The molecule has 0 unspecified atom stereocenters. The Labute approximate surface area is 141 Å². The maximum Gasteiger partial charge on any atom is 0.332 e. The number of pyridine rings is 1. The van der Waals surface area contributed by atoms with Crippen molar-refractivity contribution in [3.63, 3.8) is 0 Å². The number of alkyl halides is 1. The molecule has 8 heteroatoms. The number of nitrogens with zero attached hydrogens (tertiary/aromatic N) is 3. The highest BCUT2D eigenvalue weighted by molar-refractivity contribution is 9.09. The average molecular weight is 383 g/mol. The quantitative estimate of drug-likeness (QED) is 0.789. The number of hydrogen-bond acceptors (Lipinski definition) is 4. The molecule has 0 aliphatic carbocycles. The van der Waals surface area contributed by atoms with Crippen LogP contribution in [-0.4, -0.2) is 25.4 Å². The lowest BCUT2D eigenvalue weighted by Crippen LogP contribution is -2.38. The van der Waals surface area contributed by atoms with E-state index in [1.807, 2.05) is 6.92 Å². The topological polar surface area (TPSA) is 86.0 Å². The summed E-state index contributed by atoms with van der Waals surface area (Å²) in [5.74, 6) is -0.164. The number of halogens is 1. The molecule has 1 N–H and O–H groups in total. The monoisotopic (exact) mass is 382 g/mol. The molecule has 124 valence electrons. The molecule has 0 radical (unpaired) electrons. The van der Waals surface area contributed by atoms with E-state index in [-0.39, 0.29) is 16.9 Å². The normalized spacial score (nSPS) is 11.0. The number of rotatable bonds is 5. The highest BCUT2D eigenvalue weighted by atomic mass is 79.9. The van der Waals surface area contributed by atoms with Gasteiger partial charge in [-0.25, -0.2) is 9.78 Å². The minimum atomic E-state index is -0.457. The molecule has 2 rings (SSSR count). The fourth-order valence-electron chi connectivity index (χ4n) is 2.41. The number of fused-ring (bicyclic) bond motifs is 1. The molecule has 2 aromatic heterocycles. The maximum atomic E-state index is 12.5. The number of carbonyl (C=O) groups is 1. The van der Waals surface area contributed by atoms with Gasteiger partial charge in [0.2, 0.25) is 5.91 Å². The van der Waals surface area contributed by atoms with Crippen molar-refractivity contribution in [1.29, 1.82) is 0 Å². The Morgan fingerprint density at radius 3 is 2.61 bits per heavy atom. The second-order valence-electron chi connectivity index (χ2n) is 5.26. The molecule has 0 aliphatic rings. The van der Waals surface area contributed by atoms with Gasteiger partial charge in [0.05, 0.1) is 5.69 Å². The van der Waals surface area contributed by atoms with Gasteiger partial charge in [0.1, 0.15) is 5.39 Å². The SMILES string of the molecule is CCc1cnc2c(c1NC(=O)CCCBr)c(=O)n(C)c(=O)n2C. The fraction of sp³-hybridized carbons (Fsp3) is 0.467. The molecular formula is C15H19BrN4O3. The summed E-state index contributed by atoms with van der Waals surface area (Å²) in [6.45, 7) is 1.92. The van der Waals surface area contributed by atoms with Crippen LogP contribution in [0, 0.1) is 0 Å². The van der Waals surface area contributed by atoms with Crippen molar-refractivity contribution in [2.45, 2.75) is 26.2 Å². The lowest BCUT2D eigenvalue weighted by Gasteiger charge is -2.14. The van der Waals surface area contributed by atoms with E-state index in [0.29, 0.717) is 24.9 Å². The summed E-state index contributed by atoms with van der Waals surface area (Å²) in [7, 11) is 2.97. The summed E-state index contributed by atoms with van der Waals surface area (Å²) >= 11 is 3.29. The summed E-state index contributed by atoms with van der Waals surface area (Å²) in [5, 5.41) is 3.82. The van der Waals surface area contributed by atoms with Gasteiger partial charge in [0, 0.05) is 32.0 Å². The number of amides is 1. The second-order valence-corrected chi connectivity index (χ2v) is 6.05. The molecule has 0 spiro atoms. The highest BCUT2D eigenvalue weighted by Gasteiger charge is 2.18. The number of aromatic nitrogens is 3. The van der Waals surface area contributed by atoms with E-state index in [9.17, 15) is 14.4 Å². The van der Waals surface area contributed by atoms with Gasteiger partial charge in [-0.1, -0.05) is 22.9 Å². The van der Waals surface area contributed by atoms with Crippen LogP contribution in [0.5, 0.6) is 0 Å². The van der Waals surface area contributed by atoms with Gasteiger partial charge in [-0.05, 0) is 18.4 Å². The molecule has 0 bridgehead atoms. The molecule has 1 amide bonds. The molecular weight excluding hydrogens is 364 g/mol. The first-order chi connectivity index (χ1) is 10.9. The minimum Gasteiger partial charge on any atom is -0.325 e. The molecule has 0 saturated heterocycles. The van der Waals surface area contributed by atoms with Crippen LogP contribution < -0.4 is 16.6 Å². The van der Waals surface area contributed by atoms with Crippen LogP contribution in [0.1, 0.15) is 25.3 Å². The van der Waals surface area contributed by atoms with Crippen molar-refractivity contribution in [2.75, 3.05) is 10.6 Å². The fourth-order valence-corrected chi connectivity index (χ4v) is 2.69. The second kappa shape index (κ2) is 7.08. The summed E-state index contributed by atoms with van der Waals surface area (Å²) in [6.07, 6.45) is 3.27. The third-order valence-corrected chi connectivity index (χ3v) is 4.29. The summed E-state index contributed by atoms with van der Waals surface area (Å²) in [5.41, 5.74) is 0.581. The zero-order chi connectivity index (χ0) is 17.1. The van der Waals surface area contributed by atoms with E-state index < -0.39 is 11.2 Å². The van der Waals surface area contributed by atoms with Crippen LogP contribution in [-0.2, 0) is 25.3 Å². The van der Waals surface area contributed by atoms with E-state index in [1.165, 1.54) is 11.6 Å². The maximum absolute atomic E-state index is 12.5. The number of nitrogens with one attached hydrogen (secondary N) is 1. The van der Waals surface area contributed by atoms with Crippen LogP contribution in [0.3, 0.4) is 0 Å². The van der Waals surface area contributed by atoms with Gasteiger partial charge >= 0.3 is 5.69 Å². The Balaban J connectivity index is 2.72. The van der Waals surface area contributed by atoms with Crippen LogP contribution >= 0.6 is 15.9 Å². The predicted octanol–water partition coefficient (Wildman–Crippen LogP) is 1.31. The van der Waals surface area contributed by atoms with Crippen molar-refractivity contribution >= 4 is 38.6 Å². The third-order valence-electron chi connectivity index (χ3n) is 3.73. The summed E-state index contributed by atoms with van der Waals surface area (Å²) in [6, 6.07) is 0. The molecule has 0 atom stereocenters. The Kier molecular flexibility index (Phi) is 5.35. The van der Waals surface area contributed by atoms with Gasteiger partial charge in [0.15, 0.2) is 5.65 Å². The van der Waals surface area contributed by atoms with E-state index in [0.717, 1.165) is 15.5 Å². The molecule has 0 fully saturated rings. The molecule has 7 nitrogen and oxygen atoms in total. The lowest BCUT2D eigenvalue weighted by atomic mass is 10.1. The average Bonchev–Trinajstić information content (AvgIpc) is 2.55. The number of aryl methyl sites for hydroxylation is 2. The van der Waals surface area contributed by atoms with Gasteiger partial charge in [-0.15, -0.1) is 0 Å². The van der Waals surface area contributed by atoms with Gasteiger partial charge in [-0.3, -0.25) is 18.7 Å². The molecule has 0 aliphatic heterocycles. The zero-order valence-electron chi connectivity index (χ0n) is 13.4. The van der Waals surface area contributed by atoms with Crippen LogP contribution in [0.2, 0.25) is 0 Å². The van der Waals surface area contributed by atoms with Crippen molar-refractivity contribution in [1.82, 2.24) is 14.1 Å². The molecule has 0 saturated carbocycles. The van der Waals surface area contributed by atoms with Crippen molar-refractivity contribution in [3.8, 4) is 0 Å². The number of anilines is 1. The van der Waals surface area contributed by atoms with Crippen molar-refractivity contribution in [2.24, 2.45) is 14.1 Å². The summed E-state index contributed by atoms with van der Waals surface area (Å²) < 4.78 is 2.34. The van der Waals surface area contributed by atoms with E-state index >= 15 is 0 Å². The van der Waals surface area contributed by atoms with Gasteiger partial charge < -0.3 is 5.32 Å². The van der Waals surface area contributed by atoms with Crippen molar-refractivity contribution in [3.05, 3.63) is 32.6 Å². The molecule has 2 aromatic rings. The first-order valence-electron chi connectivity index (χ1n) is 7.35. The standard InChI is InChI=1S/C15H19BrN4O3/c1-4-9-8-17-13-11(12(9)18-10(21)6-5-7-16)14(22)20(3)15(23)19(13)2/h8H,4-7H2,1-3H3,(H,17,18,21). The Hall–Kier alpha value is -1.96. The zero-order valence-corrected chi connectivity index (χ0v) is 14.9. The number of carbonyl (C=O) groups excluding carboxylic acids is 1. The Morgan fingerprint density at radius 1 is 1.30 bits per heavy atom. The van der Waals surface area contributed by atoms with Gasteiger partial charge in [0.25, 0.3) is 5.56 Å². The third kappa shape index (κ3) is 3.21. The highest BCUT2D eigenvalue weighted by Crippen LogP contribution is 2.23. The summed E-state index contributed by atoms with van der Waals surface area (Å²) in [4.78, 5) is 40.9. The first kappa shape index (κ1) is 17.4. The predicted molar refractivity (Wildman–Crippen MR) is 93.3 cm³/mol. The van der Waals surface area contributed by atoms with E-state index in [1.54, 1.807) is 13.2 Å². The first-order valence-corrected chi connectivity index (χ1v) is 8.47. The van der Waals surface area contributed by atoms with Crippen LogP contribution in [0.15, 0.2) is 15.8 Å². The lowest BCUT2D eigenvalue weighted by molar-refractivity contribution is -0.116. The smallest absolute Gasteiger partial charge is 0.325 e. The Bertz CT molecular complexity index is 870. The molecule has 23 heavy (non-hydrogen) atoms. The van der Waals surface area contributed by atoms with Crippen LogP contribution in [0.4, 0.5) is 5.69 Å². The molecule has 0 aromatic carbocycles. The van der Waals surface area contributed by atoms with Gasteiger partial charge in [-0.2, -0.15) is 0 Å². The largest absolute Gasteiger partial charge is 0.332 e. The molecule has 2 heterocycles. The Morgan fingerprint density at radius 2 is 2.00 bits per heavy atom. The van der Waals surface area contributed by atoms with E-state index in [2.05, 4.69) is 26.2 Å². The van der Waals surface area contributed by atoms with Crippen LogP contribution in [0.25, 0.3) is 11.0 Å². The van der Waals surface area contributed by atoms with E-state index in [4.69, 9.17) is 0 Å². The number of hydrogen-bond donors (Lipinski definition) is 1. The minimum absolute atomic E-state index is 0.164. The van der Waals surface area contributed by atoms with Crippen molar-refractivity contribution < 1.29 is 4.79 Å².